The van der Waals surface area contributed by atoms with Crippen molar-refractivity contribution in [3.05, 3.63) is 48.6 Å². The van der Waals surface area contributed by atoms with E-state index in [2.05, 4.69) is 6.58 Å². The molecule has 0 spiro atoms. The first-order valence-corrected chi connectivity index (χ1v) is 3.62. The third-order valence-electron chi connectivity index (χ3n) is 1.36. The van der Waals surface area contributed by atoms with Crippen LogP contribution in [-0.4, -0.2) is 0 Å². The van der Waals surface area contributed by atoms with Gasteiger partial charge in [-0.3, -0.25) is 0 Å². The van der Waals surface area contributed by atoms with Crippen LogP contribution in [0.4, 0.5) is 26.3 Å². The first-order chi connectivity index (χ1) is 6.90. The summed E-state index contributed by atoms with van der Waals surface area (Å²) < 4.78 is 71.2. The van der Waals surface area contributed by atoms with Crippen LogP contribution in [0.5, 0.6) is 0 Å². The standard InChI is InChI=1S/C9H6F6/c1-2-5(7(11)9(14)15)3-4-6(10)8(12)13/h2-5H,1H2. The molecule has 84 valence electrons. The van der Waals surface area contributed by atoms with Gasteiger partial charge in [0.05, 0.1) is 5.92 Å². The van der Waals surface area contributed by atoms with Gasteiger partial charge in [-0.1, -0.05) is 12.2 Å². The highest BCUT2D eigenvalue weighted by Crippen LogP contribution is 2.22. The Kier molecular flexibility index (Phi) is 5.51. The molecule has 0 aromatic carbocycles. The number of rotatable bonds is 4. The van der Waals surface area contributed by atoms with Crippen LogP contribution in [0, 0.1) is 5.92 Å². The van der Waals surface area contributed by atoms with Gasteiger partial charge in [0.1, 0.15) is 0 Å². The summed E-state index contributed by atoms with van der Waals surface area (Å²) in [5, 5.41) is 0. The molecule has 0 rings (SSSR count). The summed E-state index contributed by atoms with van der Waals surface area (Å²) in [5.74, 6) is -5.39. The summed E-state index contributed by atoms with van der Waals surface area (Å²) in [6, 6.07) is 0. The molecule has 0 aliphatic rings. The summed E-state index contributed by atoms with van der Waals surface area (Å²) in [5.41, 5.74) is 0. The second-order valence-electron chi connectivity index (χ2n) is 2.34. The highest BCUT2D eigenvalue weighted by molar-refractivity contribution is 5.20. The normalized spacial score (nSPS) is 12.4. The van der Waals surface area contributed by atoms with Crippen molar-refractivity contribution in [3.8, 4) is 0 Å². The third-order valence-corrected chi connectivity index (χ3v) is 1.36. The molecule has 6 heteroatoms. The maximum Gasteiger partial charge on any atom is 0.305 e. The van der Waals surface area contributed by atoms with Crippen LogP contribution in [0.25, 0.3) is 0 Å². The van der Waals surface area contributed by atoms with Crippen molar-refractivity contribution < 1.29 is 26.3 Å². The molecule has 0 aliphatic heterocycles. The van der Waals surface area contributed by atoms with Gasteiger partial charge in [-0.2, -0.15) is 17.6 Å². The summed E-state index contributed by atoms with van der Waals surface area (Å²) in [6.45, 7) is 3.00. The zero-order chi connectivity index (χ0) is 12.0. The van der Waals surface area contributed by atoms with Crippen LogP contribution in [0.3, 0.4) is 0 Å². The lowest BCUT2D eigenvalue weighted by Gasteiger charge is -2.01. The molecule has 0 aromatic rings. The Bertz CT molecular complexity index is 317. The van der Waals surface area contributed by atoms with Gasteiger partial charge < -0.3 is 0 Å². The first-order valence-electron chi connectivity index (χ1n) is 3.62. The smallest absolute Gasteiger partial charge is 0.205 e. The molecule has 0 saturated carbocycles. The molecule has 1 unspecified atom stereocenters. The molecule has 0 radical (unpaired) electrons. The van der Waals surface area contributed by atoms with Crippen LogP contribution in [0.15, 0.2) is 48.6 Å². The van der Waals surface area contributed by atoms with E-state index in [1.165, 1.54) is 0 Å². The molecular formula is C9H6F6. The third kappa shape index (κ3) is 4.53. The molecule has 0 aliphatic carbocycles. The molecular weight excluding hydrogens is 222 g/mol. The minimum absolute atomic E-state index is 0.199. The fourth-order valence-electron chi connectivity index (χ4n) is 0.644. The number of allylic oxidation sites excluding steroid dienone is 5. The average molecular weight is 228 g/mol. The van der Waals surface area contributed by atoms with Gasteiger partial charge in [0.15, 0.2) is 11.7 Å². The van der Waals surface area contributed by atoms with Gasteiger partial charge in [0.2, 0.25) is 0 Å². The van der Waals surface area contributed by atoms with Crippen molar-refractivity contribution in [2.75, 3.05) is 0 Å². The van der Waals surface area contributed by atoms with Crippen LogP contribution >= 0.6 is 0 Å². The Morgan fingerprint density at radius 1 is 0.933 bits per heavy atom. The lowest BCUT2D eigenvalue weighted by molar-refractivity contribution is 0.365. The molecule has 0 heterocycles. The predicted molar refractivity (Wildman–Crippen MR) is 43.5 cm³/mol. The lowest BCUT2D eigenvalue weighted by atomic mass is 10.1. The van der Waals surface area contributed by atoms with E-state index in [4.69, 9.17) is 0 Å². The van der Waals surface area contributed by atoms with Gasteiger partial charge in [0, 0.05) is 0 Å². The van der Waals surface area contributed by atoms with E-state index >= 15 is 0 Å². The highest BCUT2D eigenvalue weighted by atomic mass is 19.3. The largest absolute Gasteiger partial charge is 0.305 e. The molecule has 0 saturated heterocycles. The first kappa shape index (κ1) is 13.5. The molecule has 1 atom stereocenters. The minimum Gasteiger partial charge on any atom is -0.205 e. The van der Waals surface area contributed by atoms with Gasteiger partial charge >= 0.3 is 12.2 Å². The molecule has 0 bridgehead atoms. The number of hydrogen-bond donors (Lipinski definition) is 0. The number of halogens is 6. The van der Waals surface area contributed by atoms with Crippen molar-refractivity contribution >= 4 is 0 Å². The van der Waals surface area contributed by atoms with E-state index in [1.807, 2.05) is 0 Å². The van der Waals surface area contributed by atoms with Crippen molar-refractivity contribution in [1.82, 2.24) is 0 Å². The SMILES string of the molecule is C=CC(C=CC(F)=C(F)F)C(F)=C(F)F. The Balaban J connectivity index is 4.85. The Morgan fingerprint density at radius 2 is 1.47 bits per heavy atom. The topological polar surface area (TPSA) is 0 Å². The second kappa shape index (κ2) is 6.10. The van der Waals surface area contributed by atoms with Gasteiger partial charge in [-0.25, -0.2) is 8.78 Å². The summed E-state index contributed by atoms with van der Waals surface area (Å²) in [4.78, 5) is 0. The zero-order valence-corrected chi connectivity index (χ0v) is 7.28. The predicted octanol–water partition coefficient (Wildman–Crippen LogP) is 4.50. The lowest BCUT2D eigenvalue weighted by Crippen LogP contribution is -1.93. The van der Waals surface area contributed by atoms with E-state index in [-0.39, 0.29) is 6.08 Å². The molecule has 0 amide bonds. The van der Waals surface area contributed by atoms with Gasteiger partial charge in [-0.05, 0) is 6.08 Å². The minimum atomic E-state index is -2.61. The quantitative estimate of drug-likeness (QED) is 0.377. The summed E-state index contributed by atoms with van der Waals surface area (Å²) in [6.07, 6.45) is -3.77. The second-order valence-corrected chi connectivity index (χ2v) is 2.34. The Labute approximate surface area is 81.9 Å². The fraction of sp³-hybridized carbons (Fsp3) is 0.111. The van der Waals surface area contributed by atoms with Crippen molar-refractivity contribution in [1.29, 1.82) is 0 Å². The maximum absolute atomic E-state index is 12.5. The van der Waals surface area contributed by atoms with Crippen LogP contribution in [0.1, 0.15) is 0 Å². The Hall–Kier alpha value is -1.46. The van der Waals surface area contributed by atoms with Crippen LogP contribution in [0.2, 0.25) is 0 Å². The Morgan fingerprint density at radius 3 is 1.80 bits per heavy atom. The molecule has 0 fully saturated rings. The number of hydrogen-bond acceptors (Lipinski definition) is 0. The van der Waals surface area contributed by atoms with Crippen molar-refractivity contribution in [2.45, 2.75) is 0 Å². The summed E-state index contributed by atoms with van der Waals surface area (Å²) >= 11 is 0. The van der Waals surface area contributed by atoms with E-state index in [9.17, 15) is 26.3 Å². The molecule has 0 aromatic heterocycles. The average Bonchev–Trinajstić information content (AvgIpc) is 2.17. The van der Waals surface area contributed by atoms with E-state index in [0.29, 0.717) is 6.08 Å². The van der Waals surface area contributed by atoms with Gasteiger partial charge in [-0.15, -0.1) is 6.58 Å². The van der Waals surface area contributed by atoms with E-state index < -0.39 is 29.7 Å². The molecule has 0 nitrogen and oxygen atoms in total. The van der Waals surface area contributed by atoms with E-state index in [1.54, 1.807) is 0 Å². The monoisotopic (exact) mass is 228 g/mol. The molecule has 15 heavy (non-hydrogen) atoms. The van der Waals surface area contributed by atoms with Crippen molar-refractivity contribution in [3.63, 3.8) is 0 Å². The highest BCUT2D eigenvalue weighted by Gasteiger charge is 2.13. The summed E-state index contributed by atoms with van der Waals surface area (Å²) in [7, 11) is 0. The van der Waals surface area contributed by atoms with E-state index in [0.717, 1.165) is 6.08 Å². The fourth-order valence-corrected chi connectivity index (χ4v) is 0.644. The molecule has 0 N–H and O–H groups in total. The van der Waals surface area contributed by atoms with Crippen LogP contribution in [-0.2, 0) is 0 Å². The van der Waals surface area contributed by atoms with Crippen molar-refractivity contribution in [2.24, 2.45) is 5.92 Å². The van der Waals surface area contributed by atoms with Gasteiger partial charge in [0.25, 0.3) is 0 Å². The maximum atomic E-state index is 12.5. The van der Waals surface area contributed by atoms with Crippen LogP contribution < -0.4 is 0 Å². The zero-order valence-electron chi connectivity index (χ0n) is 7.28.